The lowest BCUT2D eigenvalue weighted by atomic mass is 10.1. The minimum Gasteiger partial charge on any atom is -0.364 e. The summed E-state index contributed by atoms with van der Waals surface area (Å²) in [6.07, 6.45) is 5.42. The van der Waals surface area contributed by atoms with Crippen molar-refractivity contribution < 1.29 is 12.9 Å². The number of piperazine rings is 1. The minimum atomic E-state index is -3.41. The summed E-state index contributed by atoms with van der Waals surface area (Å²) in [7, 11) is -1.65. The molecule has 11 heteroatoms. The second kappa shape index (κ2) is 11.1. The summed E-state index contributed by atoms with van der Waals surface area (Å²) in [4.78, 5) is 9.80. The number of sulfonamides is 1. The third-order valence-electron chi connectivity index (χ3n) is 5.55. The van der Waals surface area contributed by atoms with Crippen LogP contribution in [-0.2, 0) is 22.2 Å². The number of aliphatic imine (C=N–C) groups is 1. The number of aromatic amines is 1. The molecule has 3 heterocycles. The third kappa shape index (κ3) is 5.81. The Labute approximate surface area is 205 Å². The molecule has 1 saturated heterocycles. The third-order valence-corrected chi connectivity index (χ3v) is 7.36. The number of rotatable bonds is 7. The highest BCUT2D eigenvalue weighted by Gasteiger charge is 2.28. The summed E-state index contributed by atoms with van der Waals surface area (Å²) >= 11 is 0. The number of nitrogens with one attached hydrogen (secondary N) is 2. The van der Waals surface area contributed by atoms with Crippen molar-refractivity contribution in [2.45, 2.75) is 18.6 Å². The Kier molecular flexibility index (Phi) is 8.54. The van der Waals surface area contributed by atoms with Crippen LogP contribution in [0.2, 0.25) is 0 Å². The van der Waals surface area contributed by atoms with E-state index >= 15 is 0 Å². The van der Waals surface area contributed by atoms with Crippen molar-refractivity contribution in [3.8, 4) is 0 Å². The van der Waals surface area contributed by atoms with Gasteiger partial charge >= 0.3 is 0 Å². The maximum absolute atomic E-state index is 12.6. The fraction of sp³-hybridized carbons (Fsp3) is 0.429. The summed E-state index contributed by atoms with van der Waals surface area (Å²) in [5, 5.41) is 8.40. The Morgan fingerprint density at radius 1 is 1.22 bits per heavy atom. The molecular weight excluding hydrogens is 543 g/mol. The van der Waals surface area contributed by atoms with Crippen molar-refractivity contribution in [2.24, 2.45) is 4.99 Å². The van der Waals surface area contributed by atoms with E-state index in [0.29, 0.717) is 31.9 Å². The molecular formula is C21H29IN6O3S. The summed E-state index contributed by atoms with van der Waals surface area (Å²) in [5.41, 5.74) is 2.91. The van der Waals surface area contributed by atoms with E-state index < -0.39 is 10.0 Å². The predicted molar refractivity (Wildman–Crippen MR) is 136 cm³/mol. The number of fused-ring (bicyclic) bond motifs is 1. The summed E-state index contributed by atoms with van der Waals surface area (Å²) in [5.74, 6) is 0.678. The number of halogens is 1. The first-order valence-corrected chi connectivity index (χ1v) is 12.1. The van der Waals surface area contributed by atoms with E-state index in [4.69, 9.17) is 4.52 Å². The van der Waals surface area contributed by atoms with Gasteiger partial charge in [-0.15, -0.1) is 24.0 Å². The number of para-hydroxylation sites is 1. The first kappa shape index (κ1) is 24.5. The summed E-state index contributed by atoms with van der Waals surface area (Å²) < 4.78 is 31.4. The molecule has 3 aromatic rings. The second-order valence-corrected chi connectivity index (χ2v) is 9.54. The molecule has 0 atom stereocenters. The Morgan fingerprint density at radius 3 is 2.72 bits per heavy atom. The molecule has 0 spiro atoms. The summed E-state index contributed by atoms with van der Waals surface area (Å²) in [6, 6.07) is 9.91. The van der Waals surface area contributed by atoms with Gasteiger partial charge < -0.3 is 19.7 Å². The lowest BCUT2D eigenvalue weighted by molar-refractivity contribution is 0.260. The monoisotopic (exact) mass is 572 g/mol. The topological polar surface area (TPSA) is 107 Å². The van der Waals surface area contributed by atoms with E-state index in [2.05, 4.69) is 49.7 Å². The quantitative estimate of drug-likeness (QED) is 0.195. The molecule has 1 aromatic carbocycles. The van der Waals surface area contributed by atoms with Gasteiger partial charge in [0.15, 0.2) is 5.96 Å². The molecule has 9 nitrogen and oxygen atoms in total. The maximum Gasteiger partial charge on any atom is 0.220 e. The maximum atomic E-state index is 12.6. The van der Waals surface area contributed by atoms with Gasteiger partial charge in [-0.25, -0.2) is 8.42 Å². The number of nitrogens with zero attached hydrogens (tertiary/aromatic N) is 4. The van der Waals surface area contributed by atoms with Crippen molar-refractivity contribution in [3.63, 3.8) is 0 Å². The van der Waals surface area contributed by atoms with E-state index in [-0.39, 0.29) is 29.7 Å². The van der Waals surface area contributed by atoms with Gasteiger partial charge in [0.05, 0.1) is 5.69 Å². The van der Waals surface area contributed by atoms with E-state index in [9.17, 15) is 8.42 Å². The number of aromatic nitrogens is 2. The second-order valence-electron chi connectivity index (χ2n) is 7.57. The van der Waals surface area contributed by atoms with Gasteiger partial charge in [0, 0.05) is 62.9 Å². The van der Waals surface area contributed by atoms with Gasteiger partial charge in [-0.2, -0.15) is 4.31 Å². The van der Waals surface area contributed by atoms with Crippen molar-refractivity contribution in [2.75, 3.05) is 39.8 Å². The lowest BCUT2D eigenvalue weighted by Crippen LogP contribution is -2.54. The first-order valence-electron chi connectivity index (χ1n) is 10.4. The van der Waals surface area contributed by atoms with Crippen LogP contribution in [0, 0.1) is 0 Å². The number of H-pyrrole nitrogens is 1. The van der Waals surface area contributed by atoms with Crippen LogP contribution >= 0.6 is 24.0 Å². The molecule has 174 valence electrons. The molecule has 0 radical (unpaired) electrons. The number of aryl methyl sites for hydroxylation is 1. The van der Waals surface area contributed by atoms with Crippen LogP contribution in [0.15, 0.2) is 52.3 Å². The fourth-order valence-corrected chi connectivity index (χ4v) is 5.34. The average Bonchev–Trinajstić information content (AvgIpc) is 3.44. The van der Waals surface area contributed by atoms with Crippen LogP contribution < -0.4 is 5.32 Å². The van der Waals surface area contributed by atoms with Crippen LogP contribution in [0.4, 0.5) is 0 Å². The van der Waals surface area contributed by atoms with Crippen LogP contribution in [0.25, 0.3) is 10.9 Å². The van der Waals surface area contributed by atoms with E-state index in [1.807, 2.05) is 6.07 Å². The van der Waals surface area contributed by atoms with Gasteiger partial charge in [0.25, 0.3) is 0 Å². The molecule has 1 fully saturated rings. The first-order chi connectivity index (χ1) is 15.1. The number of guanidine groups is 1. The van der Waals surface area contributed by atoms with Gasteiger partial charge in [0.1, 0.15) is 12.0 Å². The average molecular weight is 572 g/mol. The van der Waals surface area contributed by atoms with Gasteiger partial charge in [-0.3, -0.25) is 4.99 Å². The van der Waals surface area contributed by atoms with Crippen LogP contribution in [0.1, 0.15) is 17.7 Å². The zero-order valence-corrected chi connectivity index (χ0v) is 21.2. The Balaban J connectivity index is 0.00000289. The molecule has 32 heavy (non-hydrogen) atoms. The number of benzene rings is 1. The smallest absolute Gasteiger partial charge is 0.220 e. The molecule has 0 unspecified atom stereocenters. The van der Waals surface area contributed by atoms with Crippen molar-refractivity contribution >= 4 is 50.9 Å². The molecule has 2 aromatic heterocycles. The van der Waals surface area contributed by atoms with Crippen LogP contribution in [-0.4, -0.2) is 73.5 Å². The van der Waals surface area contributed by atoms with E-state index in [1.54, 1.807) is 13.1 Å². The van der Waals surface area contributed by atoms with Gasteiger partial charge in [-0.1, -0.05) is 23.4 Å². The highest BCUT2D eigenvalue weighted by Crippen LogP contribution is 2.19. The van der Waals surface area contributed by atoms with Crippen molar-refractivity contribution in [1.82, 2.24) is 24.7 Å². The largest absolute Gasteiger partial charge is 0.364 e. The molecule has 0 aliphatic carbocycles. The SMILES string of the molecule is CN=C(NCCCc1c[nH]c2ccccc12)N1CCN(S(=O)(=O)Cc2ccon2)CC1.I. The number of hydrogen-bond donors (Lipinski definition) is 2. The highest BCUT2D eigenvalue weighted by molar-refractivity contribution is 14.0. The molecule has 2 N–H and O–H groups in total. The molecule has 1 aliphatic rings. The highest BCUT2D eigenvalue weighted by atomic mass is 127. The minimum absolute atomic E-state index is 0. The number of hydrogen-bond acceptors (Lipinski definition) is 5. The summed E-state index contributed by atoms with van der Waals surface area (Å²) in [6.45, 7) is 2.85. The molecule has 0 saturated carbocycles. The lowest BCUT2D eigenvalue weighted by Gasteiger charge is -2.35. The van der Waals surface area contributed by atoms with Crippen molar-refractivity contribution in [1.29, 1.82) is 0 Å². The molecule has 1 aliphatic heterocycles. The predicted octanol–water partition coefficient (Wildman–Crippen LogP) is 2.43. The molecule has 4 rings (SSSR count). The normalized spacial score (nSPS) is 15.7. The Bertz CT molecular complexity index is 1120. The fourth-order valence-electron chi connectivity index (χ4n) is 3.92. The van der Waals surface area contributed by atoms with Crippen molar-refractivity contribution in [3.05, 3.63) is 54.0 Å². The van der Waals surface area contributed by atoms with E-state index in [1.165, 1.54) is 21.5 Å². The molecule has 0 amide bonds. The van der Waals surface area contributed by atoms with Gasteiger partial charge in [-0.05, 0) is 24.5 Å². The zero-order valence-electron chi connectivity index (χ0n) is 18.0. The van der Waals surface area contributed by atoms with Crippen LogP contribution in [0.5, 0.6) is 0 Å². The van der Waals surface area contributed by atoms with Crippen LogP contribution in [0.3, 0.4) is 0 Å². The Morgan fingerprint density at radius 2 is 2.00 bits per heavy atom. The van der Waals surface area contributed by atoms with E-state index in [0.717, 1.165) is 30.9 Å². The standard InChI is InChI=1S/C21H28N6O3S.HI/c1-22-21(23-9-4-5-17-15-24-20-7-3-2-6-19(17)20)26-10-12-27(13-11-26)31(28,29)16-18-8-14-30-25-18;/h2-3,6-8,14-15,24H,4-5,9-13,16H2,1H3,(H,22,23);1H. The molecule has 0 bridgehead atoms. The zero-order chi connectivity index (χ0) is 21.7. The Hall–Kier alpha value is -2.12. The van der Waals surface area contributed by atoms with Gasteiger partial charge in [0.2, 0.25) is 10.0 Å².